The molecule has 0 saturated heterocycles. The summed E-state index contributed by atoms with van der Waals surface area (Å²) in [7, 11) is 3.51. The molecule has 5 nitrogen and oxygen atoms in total. The molecule has 0 fully saturated rings. The minimum absolute atomic E-state index is 0.0131. The fourth-order valence-electron chi connectivity index (χ4n) is 2.82. The van der Waals surface area contributed by atoms with E-state index >= 15 is 0 Å². The number of benzene rings is 2. The first-order valence-electron chi connectivity index (χ1n) is 7.92. The number of carbonyl (C=O) groups is 1. The van der Waals surface area contributed by atoms with Crippen molar-refractivity contribution in [3.8, 4) is 0 Å². The molecule has 5 heteroatoms. The number of hydrogen-bond acceptors (Lipinski definition) is 2. The van der Waals surface area contributed by atoms with Crippen LogP contribution in [0.25, 0.3) is 11.0 Å². The minimum atomic E-state index is -0.0504. The molecule has 0 radical (unpaired) electrons. The van der Waals surface area contributed by atoms with E-state index in [2.05, 4.69) is 5.32 Å². The molecule has 2 aromatic carbocycles. The SMILES string of the molecule is Cc1ccc(CC(=O)NCc2ccc3c(c2)n(C)c(=O)n3C)cc1. The van der Waals surface area contributed by atoms with Crippen LogP contribution in [-0.4, -0.2) is 15.0 Å². The molecular formula is C19H21N3O2. The van der Waals surface area contributed by atoms with Gasteiger partial charge in [0, 0.05) is 20.6 Å². The largest absolute Gasteiger partial charge is 0.352 e. The molecule has 24 heavy (non-hydrogen) atoms. The van der Waals surface area contributed by atoms with Crippen molar-refractivity contribution in [2.24, 2.45) is 14.1 Å². The molecule has 0 aliphatic rings. The van der Waals surface area contributed by atoms with Gasteiger partial charge < -0.3 is 5.32 Å². The third-order valence-electron chi connectivity index (χ3n) is 4.31. The summed E-state index contributed by atoms with van der Waals surface area (Å²) in [5, 5.41) is 2.93. The molecule has 1 N–H and O–H groups in total. The van der Waals surface area contributed by atoms with Crippen molar-refractivity contribution in [3.05, 3.63) is 69.6 Å². The molecule has 0 unspecified atom stereocenters. The summed E-state index contributed by atoms with van der Waals surface area (Å²) in [4.78, 5) is 24.0. The number of carbonyl (C=O) groups excluding carboxylic acids is 1. The number of nitrogens with zero attached hydrogens (tertiary/aromatic N) is 2. The molecular weight excluding hydrogens is 302 g/mol. The van der Waals surface area contributed by atoms with Gasteiger partial charge in [0.05, 0.1) is 17.5 Å². The average Bonchev–Trinajstić information content (AvgIpc) is 2.79. The van der Waals surface area contributed by atoms with Crippen molar-refractivity contribution < 1.29 is 4.79 Å². The van der Waals surface area contributed by atoms with Gasteiger partial charge in [-0.3, -0.25) is 13.9 Å². The van der Waals surface area contributed by atoms with Crippen molar-refractivity contribution in [2.45, 2.75) is 19.9 Å². The third kappa shape index (κ3) is 3.11. The number of fused-ring (bicyclic) bond motifs is 1. The average molecular weight is 323 g/mol. The number of nitrogens with one attached hydrogen (secondary N) is 1. The fraction of sp³-hybridized carbons (Fsp3) is 0.263. The molecule has 0 atom stereocenters. The van der Waals surface area contributed by atoms with Gasteiger partial charge in [0.15, 0.2) is 0 Å². The summed E-state index contributed by atoms with van der Waals surface area (Å²) in [5.74, 6) is -0.0131. The molecule has 3 rings (SSSR count). The highest BCUT2D eigenvalue weighted by Crippen LogP contribution is 2.14. The zero-order valence-electron chi connectivity index (χ0n) is 14.2. The van der Waals surface area contributed by atoms with E-state index in [-0.39, 0.29) is 11.6 Å². The van der Waals surface area contributed by atoms with Crippen LogP contribution in [0.2, 0.25) is 0 Å². The summed E-state index contributed by atoms with van der Waals surface area (Å²) < 4.78 is 3.24. The third-order valence-corrected chi connectivity index (χ3v) is 4.31. The lowest BCUT2D eigenvalue weighted by atomic mass is 10.1. The van der Waals surface area contributed by atoms with Crippen LogP contribution in [0.5, 0.6) is 0 Å². The summed E-state index contributed by atoms with van der Waals surface area (Å²) >= 11 is 0. The van der Waals surface area contributed by atoms with Gasteiger partial charge in [-0.2, -0.15) is 0 Å². The number of aryl methyl sites for hydroxylation is 3. The Labute approximate surface area is 140 Å². The Kier molecular flexibility index (Phi) is 4.25. The van der Waals surface area contributed by atoms with E-state index in [9.17, 15) is 9.59 Å². The molecule has 0 aliphatic carbocycles. The first-order chi connectivity index (χ1) is 11.5. The molecule has 1 aromatic heterocycles. The molecule has 1 amide bonds. The quantitative estimate of drug-likeness (QED) is 0.799. The fourth-order valence-corrected chi connectivity index (χ4v) is 2.82. The highest BCUT2D eigenvalue weighted by atomic mass is 16.2. The van der Waals surface area contributed by atoms with E-state index in [1.54, 1.807) is 23.2 Å². The first kappa shape index (κ1) is 16.1. The van der Waals surface area contributed by atoms with Crippen LogP contribution < -0.4 is 11.0 Å². The summed E-state index contributed by atoms with van der Waals surface area (Å²) in [6.07, 6.45) is 0.367. The predicted octanol–water partition coefficient (Wildman–Crippen LogP) is 2.04. The molecule has 1 heterocycles. The molecule has 0 bridgehead atoms. The van der Waals surface area contributed by atoms with Crippen molar-refractivity contribution in [3.63, 3.8) is 0 Å². The second kappa shape index (κ2) is 6.35. The number of aromatic nitrogens is 2. The lowest BCUT2D eigenvalue weighted by Gasteiger charge is -2.07. The van der Waals surface area contributed by atoms with Gasteiger partial charge in [-0.05, 0) is 30.2 Å². The lowest BCUT2D eigenvalue weighted by Crippen LogP contribution is -2.24. The van der Waals surface area contributed by atoms with Gasteiger partial charge in [0.25, 0.3) is 0 Å². The molecule has 0 spiro atoms. The zero-order valence-corrected chi connectivity index (χ0v) is 14.2. The molecule has 3 aromatic rings. The van der Waals surface area contributed by atoms with Gasteiger partial charge in [-0.25, -0.2) is 4.79 Å². The van der Waals surface area contributed by atoms with Crippen LogP contribution in [0.4, 0.5) is 0 Å². The van der Waals surface area contributed by atoms with Gasteiger partial charge >= 0.3 is 5.69 Å². The molecule has 0 aliphatic heterocycles. The van der Waals surface area contributed by atoms with Crippen molar-refractivity contribution >= 4 is 16.9 Å². The van der Waals surface area contributed by atoms with Gasteiger partial charge in [0.2, 0.25) is 5.91 Å². The van der Waals surface area contributed by atoms with E-state index in [4.69, 9.17) is 0 Å². The first-order valence-corrected chi connectivity index (χ1v) is 7.92. The summed E-state index contributed by atoms with van der Waals surface area (Å²) in [6.45, 7) is 2.47. The summed E-state index contributed by atoms with van der Waals surface area (Å²) in [5.41, 5.74) is 4.86. The Morgan fingerprint density at radius 1 is 0.958 bits per heavy atom. The lowest BCUT2D eigenvalue weighted by molar-refractivity contribution is -0.120. The van der Waals surface area contributed by atoms with Crippen LogP contribution in [0.1, 0.15) is 16.7 Å². The van der Waals surface area contributed by atoms with E-state index in [1.165, 1.54) is 5.56 Å². The highest BCUT2D eigenvalue weighted by Gasteiger charge is 2.09. The topological polar surface area (TPSA) is 56.0 Å². The van der Waals surface area contributed by atoms with Crippen molar-refractivity contribution in [1.82, 2.24) is 14.5 Å². The second-order valence-electron chi connectivity index (χ2n) is 6.16. The normalized spacial score (nSPS) is 11.0. The van der Waals surface area contributed by atoms with E-state index in [1.807, 2.05) is 49.4 Å². The maximum absolute atomic E-state index is 12.1. The Hall–Kier alpha value is -2.82. The van der Waals surface area contributed by atoms with E-state index in [0.717, 1.165) is 22.2 Å². The number of hydrogen-bond donors (Lipinski definition) is 1. The Morgan fingerprint density at radius 3 is 2.29 bits per heavy atom. The maximum Gasteiger partial charge on any atom is 0.328 e. The monoisotopic (exact) mass is 323 g/mol. The number of amides is 1. The highest BCUT2D eigenvalue weighted by molar-refractivity contribution is 5.79. The Balaban J connectivity index is 1.69. The molecule has 0 saturated carbocycles. The van der Waals surface area contributed by atoms with Gasteiger partial charge in [-0.15, -0.1) is 0 Å². The number of imidazole rings is 1. The zero-order chi connectivity index (χ0) is 17.3. The van der Waals surface area contributed by atoms with E-state index < -0.39 is 0 Å². The van der Waals surface area contributed by atoms with Crippen LogP contribution in [0.3, 0.4) is 0 Å². The minimum Gasteiger partial charge on any atom is -0.352 e. The van der Waals surface area contributed by atoms with Crippen LogP contribution in [-0.2, 0) is 31.9 Å². The van der Waals surface area contributed by atoms with E-state index in [0.29, 0.717) is 13.0 Å². The van der Waals surface area contributed by atoms with Crippen molar-refractivity contribution in [1.29, 1.82) is 0 Å². The standard InChI is InChI=1S/C19H21N3O2/c1-13-4-6-14(7-5-13)11-18(23)20-12-15-8-9-16-17(10-15)22(3)19(24)21(16)2/h4-10H,11-12H2,1-3H3,(H,20,23). The predicted molar refractivity (Wildman–Crippen MR) is 94.9 cm³/mol. The summed E-state index contributed by atoms with van der Waals surface area (Å²) in [6, 6.07) is 13.8. The van der Waals surface area contributed by atoms with Crippen LogP contribution >= 0.6 is 0 Å². The van der Waals surface area contributed by atoms with Crippen LogP contribution in [0, 0.1) is 6.92 Å². The Bertz CT molecular complexity index is 949. The second-order valence-corrected chi connectivity index (χ2v) is 6.16. The maximum atomic E-state index is 12.1. The smallest absolute Gasteiger partial charge is 0.328 e. The van der Waals surface area contributed by atoms with Gasteiger partial charge in [0.1, 0.15) is 0 Å². The Morgan fingerprint density at radius 2 is 1.58 bits per heavy atom. The molecule has 124 valence electrons. The van der Waals surface area contributed by atoms with Gasteiger partial charge in [-0.1, -0.05) is 35.9 Å². The number of rotatable bonds is 4. The van der Waals surface area contributed by atoms with Crippen molar-refractivity contribution in [2.75, 3.05) is 0 Å². The van der Waals surface area contributed by atoms with Crippen LogP contribution in [0.15, 0.2) is 47.3 Å².